The maximum Gasteiger partial charge on any atom is 0.324 e. The molecule has 0 fully saturated rings. The Bertz CT molecular complexity index is 1260. The second kappa shape index (κ2) is 12.3. The van der Waals surface area contributed by atoms with Gasteiger partial charge in [-0.25, -0.2) is 8.42 Å². The van der Waals surface area contributed by atoms with E-state index < -0.39 is 40.1 Å². The molecule has 0 spiro atoms. The smallest absolute Gasteiger partial charge is 0.324 e. The van der Waals surface area contributed by atoms with Crippen molar-refractivity contribution in [2.75, 3.05) is 23.4 Å². The van der Waals surface area contributed by atoms with E-state index in [0.717, 1.165) is 21.2 Å². The zero-order valence-electron chi connectivity index (χ0n) is 23.8. The van der Waals surface area contributed by atoms with Crippen molar-refractivity contribution in [1.82, 2.24) is 9.29 Å². The fraction of sp³-hybridized carbons (Fsp3) is 0.536. The Hall–Kier alpha value is -3.18. The highest BCUT2D eigenvalue weighted by atomic mass is 32.2. The minimum Gasteiger partial charge on any atom is -0.465 e. The molecule has 0 radical (unpaired) electrons. The van der Waals surface area contributed by atoms with Crippen molar-refractivity contribution in [2.45, 2.75) is 84.1 Å². The number of benzene rings is 1. The largest absolute Gasteiger partial charge is 0.465 e. The van der Waals surface area contributed by atoms with Crippen LogP contribution >= 0.6 is 0 Å². The third kappa shape index (κ3) is 7.69. The number of anilines is 2. The topological polar surface area (TPSA) is 118 Å². The Kier molecular flexibility index (Phi) is 9.60. The summed E-state index contributed by atoms with van der Waals surface area (Å²) < 4.78 is 39.4. The zero-order valence-corrected chi connectivity index (χ0v) is 24.6. The predicted molar refractivity (Wildman–Crippen MR) is 150 cm³/mol. The molecule has 1 unspecified atom stereocenters. The van der Waals surface area contributed by atoms with E-state index in [9.17, 15) is 18.0 Å². The first-order valence-electron chi connectivity index (χ1n) is 13.2. The van der Waals surface area contributed by atoms with E-state index >= 15 is 0 Å². The van der Waals surface area contributed by atoms with Gasteiger partial charge in [-0.15, -0.1) is 0 Å². The van der Waals surface area contributed by atoms with Crippen molar-refractivity contribution < 1.29 is 27.5 Å². The van der Waals surface area contributed by atoms with Crippen LogP contribution in [0.25, 0.3) is 0 Å². The maximum absolute atomic E-state index is 13.9. The van der Waals surface area contributed by atoms with Crippen LogP contribution in [-0.2, 0) is 35.6 Å². The fourth-order valence-electron chi connectivity index (χ4n) is 4.46. The lowest BCUT2D eigenvalue weighted by Gasteiger charge is -2.31. The Labute approximate surface area is 231 Å². The lowest BCUT2D eigenvalue weighted by molar-refractivity contribution is -0.157. The number of hydrogen-bond donors (Lipinski definition) is 1. The number of rotatable bonds is 11. The number of sulfonamides is 1. The van der Waals surface area contributed by atoms with Gasteiger partial charge in [0.15, 0.2) is 0 Å². The van der Waals surface area contributed by atoms with Crippen molar-refractivity contribution in [3.63, 3.8) is 0 Å². The summed E-state index contributed by atoms with van der Waals surface area (Å²) in [6.07, 6.45) is 3.74. The van der Waals surface area contributed by atoms with Crippen LogP contribution < -0.4 is 10.2 Å². The molecule has 1 N–H and O–H groups in total. The molecule has 2 heterocycles. The van der Waals surface area contributed by atoms with Crippen molar-refractivity contribution in [1.29, 1.82) is 0 Å². The summed E-state index contributed by atoms with van der Waals surface area (Å²) in [5, 5.41) is 3.37. The van der Waals surface area contributed by atoms with Gasteiger partial charge in [-0.2, -0.15) is 4.31 Å². The first-order valence-corrected chi connectivity index (χ1v) is 14.6. The molecule has 1 aliphatic rings. The quantitative estimate of drug-likeness (QED) is 0.404. The molecule has 39 heavy (non-hydrogen) atoms. The monoisotopic (exact) mass is 560 g/mol. The number of nitrogens with one attached hydrogen (secondary N) is 1. The van der Waals surface area contributed by atoms with Gasteiger partial charge in [0.2, 0.25) is 10.0 Å². The van der Waals surface area contributed by atoms with E-state index in [1.165, 1.54) is 12.1 Å². The fourth-order valence-corrected chi connectivity index (χ4v) is 5.99. The van der Waals surface area contributed by atoms with Gasteiger partial charge < -0.3 is 19.7 Å². The normalized spacial score (nSPS) is 16.1. The Morgan fingerprint density at radius 1 is 1.15 bits per heavy atom. The first-order chi connectivity index (χ1) is 18.2. The molecule has 10 nitrogen and oxygen atoms in total. The van der Waals surface area contributed by atoms with Gasteiger partial charge in [0.25, 0.3) is 0 Å². The number of carbonyl (C=O) groups is 2. The maximum atomic E-state index is 13.9. The number of nitrogens with zero attached hydrogens (tertiary/aromatic N) is 3. The van der Waals surface area contributed by atoms with E-state index in [0.29, 0.717) is 6.54 Å². The molecule has 0 bridgehead atoms. The van der Waals surface area contributed by atoms with Crippen molar-refractivity contribution in [3.8, 4) is 0 Å². The molecule has 0 saturated carbocycles. The minimum absolute atomic E-state index is 0.0231. The molecule has 0 saturated heterocycles. The average molecular weight is 561 g/mol. The molecule has 1 aliphatic heterocycles. The van der Waals surface area contributed by atoms with E-state index in [1.807, 2.05) is 26.8 Å². The number of esters is 2. The number of ether oxygens (including phenoxy) is 2. The lowest BCUT2D eigenvalue weighted by Crippen LogP contribution is -2.49. The van der Waals surface area contributed by atoms with Crippen LogP contribution in [-0.4, -0.2) is 60.6 Å². The number of hydrogen-bond acceptors (Lipinski definition) is 9. The van der Waals surface area contributed by atoms with Gasteiger partial charge in [0.1, 0.15) is 18.2 Å². The molecule has 2 atom stereocenters. The lowest BCUT2D eigenvalue weighted by atomic mass is 10.0. The second-order valence-corrected chi connectivity index (χ2v) is 12.9. The third-order valence-corrected chi connectivity index (χ3v) is 8.00. The highest BCUT2D eigenvalue weighted by Crippen LogP contribution is 2.34. The summed E-state index contributed by atoms with van der Waals surface area (Å²) in [6, 6.07) is 7.25. The highest BCUT2D eigenvalue weighted by Gasteiger charge is 2.39. The van der Waals surface area contributed by atoms with Gasteiger partial charge in [-0.05, 0) is 70.7 Å². The summed E-state index contributed by atoms with van der Waals surface area (Å²) in [4.78, 5) is 32.0. The molecule has 0 aliphatic carbocycles. The van der Waals surface area contributed by atoms with Crippen LogP contribution in [0.5, 0.6) is 0 Å². The zero-order chi connectivity index (χ0) is 29.0. The summed E-state index contributed by atoms with van der Waals surface area (Å²) in [7, 11) is -4.27. The highest BCUT2D eigenvalue weighted by molar-refractivity contribution is 7.89. The van der Waals surface area contributed by atoms with Gasteiger partial charge >= 0.3 is 11.9 Å². The van der Waals surface area contributed by atoms with Gasteiger partial charge in [0.05, 0.1) is 35.2 Å². The third-order valence-electron chi connectivity index (χ3n) is 6.13. The van der Waals surface area contributed by atoms with Gasteiger partial charge in [0, 0.05) is 12.7 Å². The van der Waals surface area contributed by atoms with E-state index in [1.54, 1.807) is 52.2 Å². The molecule has 2 aromatic rings. The standard InChI is InChI=1S/C28H40N4O6S/c1-8-37-27(34)25(15-19(2)3)32(18-26(33)38-28(5,6)7)39(35,36)22-11-9-21(10-12-22)17-31-20(4)30-23-16-29-14-13-24(23)31/h9-14,16,19-20,25,30H,8,15,17-18H2,1-7H3/t20?,25-/m0/s1. The second-order valence-electron chi connectivity index (χ2n) is 11.0. The van der Waals surface area contributed by atoms with Crippen LogP contribution in [0.3, 0.4) is 0 Å². The number of aromatic nitrogens is 1. The van der Waals surface area contributed by atoms with Crippen LogP contribution in [0.4, 0.5) is 11.4 Å². The number of carbonyl (C=O) groups excluding carboxylic acids is 2. The van der Waals surface area contributed by atoms with Crippen LogP contribution in [0.1, 0.15) is 60.5 Å². The molecular formula is C28H40N4O6S. The van der Waals surface area contributed by atoms with E-state index in [-0.39, 0.29) is 30.0 Å². The van der Waals surface area contributed by atoms with E-state index in [4.69, 9.17) is 9.47 Å². The van der Waals surface area contributed by atoms with Crippen LogP contribution in [0.15, 0.2) is 47.6 Å². The average Bonchev–Trinajstić information content (AvgIpc) is 3.15. The van der Waals surface area contributed by atoms with Gasteiger partial charge in [-0.1, -0.05) is 26.0 Å². The van der Waals surface area contributed by atoms with Crippen LogP contribution in [0, 0.1) is 5.92 Å². The summed E-state index contributed by atoms with van der Waals surface area (Å²) >= 11 is 0. The molecule has 1 aromatic heterocycles. The number of fused-ring (bicyclic) bond motifs is 1. The summed E-state index contributed by atoms with van der Waals surface area (Å²) in [5.74, 6) is -1.48. The van der Waals surface area contributed by atoms with E-state index in [2.05, 4.69) is 15.2 Å². The molecule has 214 valence electrons. The summed E-state index contributed by atoms with van der Waals surface area (Å²) in [6.45, 7) is 12.6. The Balaban J connectivity index is 1.92. The predicted octanol–water partition coefficient (Wildman–Crippen LogP) is 4.17. The van der Waals surface area contributed by atoms with Crippen molar-refractivity contribution >= 4 is 33.3 Å². The van der Waals surface area contributed by atoms with Crippen molar-refractivity contribution in [2.24, 2.45) is 5.92 Å². The first kappa shape index (κ1) is 30.4. The van der Waals surface area contributed by atoms with Crippen LogP contribution in [0.2, 0.25) is 0 Å². The Morgan fingerprint density at radius 3 is 2.41 bits per heavy atom. The molecule has 11 heteroatoms. The number of pyridine rings is 1. The molecule has 1 aromatic carbocycles. The molecular weight excluding hydrogens is 520 g/mol. The molecule has 3 rings (SSSR count). The van der Waals surface area contributed by atoms with Gasteiger partial charge in [-0.3, -0.25) is 14.6 Å². The molecule has 0 amide bonds. The summed E-state index contributed by atoms with van der Waals surface area (Å²) in [5.41, 5.74) is 2.04. The minimum atomic E-state index is -4.27. The SMILES string of the molecule is CCOC(=O)[C@H](CC(C)C)N(CC(=O)OC(C)(C)C)S(=O)(=O)c1ccc(CN2c3ccncc3NC2C)cc1. The Morgan fingerprint density at radius 2 is 1.82 bits per heavy atom. The van der Waals surface area contributed by atoms with Crippen molar-refractivity contribution in [3.05, 3.63) is 48.3 Å².